The number of benzene rings is 1. The van der Waals surface area contributed by atoms with Crippen molar-refractivity contribution >= 4 is 34.1 Å². The third kappa shape index (κ3) is 6.93. The van der Waals surface area contributed by atoms with Gasteiger partial charge >= 0.3 is 0 Å². The fourth-order valence-electron chi connectivity index (χ4n) is 1.28. The zero-order valence-electron chi connectivity index (χ0n) is 12.8. The third-order valence-corrected chi connectivity index (χ3v) is 3.81. The highest BCUT2D eigenvalue weighted by Gasteiger charge is 2.18. The summed E-state index contributed by atoms with van der Waals surface area (Å²) < 4.78 is 11.0. The van der Waals surface area contributed by atoms with Crippen LogP contribution in [0.15, 0.2) is 35.5 Å². The first-order valence-electron chi connectivity index (χ1n) is 6.63. The van der Waals surface area contributed by atoms with E-state index in [-0.39, 0.29) is 0 Å². The Morgan fingerprint density at radius 1 is 1.29 bits per heavy atom. The molecular formula is C15H21NO3S2. The van der Waals surface area contributed by atoms with Crippen LogP contribution < -0.4 is 0 Å². The normalized spacial score (nSPS) is 12.1. The van der Waals surface area contributed by atoms with Gasteiger partial charge in [0.05, 0.1) is 12.3 Å². The molecule has 0 radical (unpaired) electrons. The van der Waals surface area contributed by atoms with Crippen LogP contribution in [0.25, 0.3) is 0 Å². The van der Waals surface area contributed by atoms with E-state index in [9.17, 15) is 0 Å². The number of nitrogens with zero attached hydrogens (tertiary/aromatic N) is 1. The van der Waals surface area contributed by atoms with E-state index < -0.39 is 5.79 Å². The fraction of sp³-hybridized carbons (Fsp3) is 0.467. The summed E-state index contributed by atoms with van der Waals surface area (Å²) in [4.78, 5) is 5.46. The van der Waals surface area contributed by atoms with Gasteiger partial charge < -0.3 is 14.3 Å². The number of hydrogen-bond donors (Lipinski definition) is 0. The van der Waals surface area contributed by atoms with Crippen LogP contribution in [-0.2, 0) is 14.3 Å². The second kappa shape index (κ2) is 9.02. The Morgan fingerprint density at radius 2 is 1.95 bits per heavy atom. The SMILES string of the molecule is CCOC(=S)SC/C(=N\OC(C)(C)OC)c1ccccc1. The Morgan fingerprint density at radius 3 is 2.52 bits per heavy atom. The van der Waals surface area contributed by atoms with E-state index in [0.717, 1.165) is 11.3 Å². The number of thioether (sulfide) groups is 1. The second-order valence-electron chi connectivity index (χ2n) is 4.57. The Labute approximate surface area is 135 Å². The molecule has 1 rings (SSSR count). The number of oxime groups is 1. The van der Waals surface area contributed by atoms with Crippen LogP contribution in [0.3, 0.4) is 0 Å². The zero-order chi connectivity index (χ0) is 15.7. The Hall–Kier alpha value is -1.11. The molecule has 116 valence electrons. The van der Waals surface area contributed by atoms with Gasteiger partial charge in [-0.1, -0.05) is 47.2 Å². The molecule has 1 aromatic rings. The first-order chi connectivity index (χ1) is 9.98. The zero-order valence-corrected chi connectivity index (χ0v) is 14.4. The van der Waals surface area contributed by atoms with Crippen molar-refractivity contribution in [2.75, 3.05) is 19.5 Å². The van der Waals surface area contributed by atoms with Gasteiger partial charge in [-0.15, -0.1) is 0 Å². The molecule has 6 heteroatoms. The molecule has 0 aliphatic heterocycles. The molecule has 0 fully saturated rings. The van der Waals surface area contributed by atoms with Gasteiger partial charge in [0.1, 0.15) is 0 Å². The number of rotatable bonds is 7. The summed E-state index contributed by atoms with van der Waals surface area (Å²) in [6.45, 7) is 6.08. The van der Waals surface area contributed by atoms with E-state index in [0.29, 0.717) is 16.7 Å². The van der Waals surface area contributed by atoms with E-state index >= 15 is 0 Å². The summed E-state index contributed by atoms with van der Waals surface area (Å²) in [7, 11) is 1.58. The molecule has 0 N–H and O–H groups in total. The highest BCUT2D eigenvalue weighted by Crippen LogP contribution is 2.15. The molecule has 0 spiro atoms. The molecule has 0 atom stereocenters. The lowest BCUT2D eigenvalue weighted by molar-refractivity contribution is -0.197. The summed E-state index contributed by atoms with van der Waals surface area (Å²) in [5, 5.41) is 4.22. The van der Waals surface area contributed by atoms with Gasteiger partial charge in [0.25, 0.3) is 0 Å². The van der Waals surface area contributed by atoms with Crippen molar-refractivity contribution in [2.45, 2.75) is 26.6 Å². The van der Waals surface area contributed by atoms with Crippen molar-refractivity contribution in [3.05, 3.63) is 35.9 Å². The predicted molar refractivity (Wildman–Crippen MR) is 91.8 cm³/mol. The molecule has 0 bridgehead atoms. The van der Waals surface area contributed by atoms with Crippen LogP contribution in [0.2, 0.25) is 0 Å². The van der Waals surface area contributed by atoms with Crippen molar-refractivity contribution in [3.8, 4) is 0 Å². The minimum Gasteiger partial charge on any atom is -0.479 e. The highest BCUT2D eigenvalue weighted by molar-refractivity contribution is 8.23. The number of thiocarbonyl (C=S) groups is 1. The van der Waals surface area contributed by atoms with E-state index in [1.807, 2.05) is 37.3 Å². The monoisotopic (exact) mass is 327 g/mol. The molecule has 0 saturated carbocycles. The molecule has 21 heavy (non-hydrogen) atoms. The van der Waals surface area contributed by atoms with Crippen LogP contribution in [0, 0.1) is 0 Å². The predicted octanol–water partition coefficient (Wildman–Crippen LogP) is 3.84. The average molecular weight is 327 g/mol. The van der Waals surface area contributed by atoms with E-state index in [1.54, 1.807) is 21.0 Å². The van der Waals surface area contributed by atoms with Crippen molar-refractivity contribution in [1.29, 1.82) is 0 Å². The molecule has 0 heterocycles. The number of methoxy groups -OCH3 is 1. The topological polar surface area (TPSA) is 40.0 Å². The summed E-state index contributed by atoms with van der Waals surface area (Å²) in [6, 6.07) is 9.83. The first kappa shape index (κ1) is 17.9. The van der Waals surface area contributed by atoms with Gasteiger partial charge in [-0.2, -0.15) is 0 Å². The first-order valence-corrected chi connectivity index (χ1v) is 8.03. The van der Waals surface area contributed by atoms with Crippen molar-refractivity contribution in [3.63, 3.8) is 0 Å². The van der Waals surface area contributed by atoms with Crippen molar-refractivity contribution < 1.29 is 14.3 Å². The Kier molecular flexibility index (Phi) is 7.71. The molecular weight excluding hydrogens is 306 g/mol. The Bertz CT molecular complexity index is 475. The maximum atomic E-state index is 5.46. The number of hydrogen-bond acceptors (Lipinski definition) is 6. The summed E-state index contributed by atoms with van der Waals surface area (Å²) in [5.41, 5.74) is 1.77. The quantitative estimate of drug-likeness (QED) is 0.329. The Balaban J connectivity index is 2.81. The van der Waals surface area contributed by atoms with Gasteiger partial charge in [0.15, 0.2) is 0 Å². The average Bonchev–Trinajstić information content (AvgIpc) is 2.48. The van der Waals surface area contributed by atoms with Gasteiger partial charge in [-0.05, 0) is 19.1 Å². The molecule has 0 aliphatic carbocycles. The smallest absolute Gasteiger partial charge is 0.230 e. The number of ether oxygens (including phenoxy) is 2. The van der Waals surface area contributed by atoms with Crippen LogP contribution >= 0.6 is 24.0 Å². The maximum Gasteiger partial charge on any atom is 0.230 e. The standard InChI is InChI=1S/C15H21NO3S2/c1-5-18-14(20)21-11-13(12-9-7-6-8-10-12)16-19-15(2,3)17-4/h6-10H,5,11H2,1-4H3/b16-13+. The molecule has 4 nitrogen and oxygen atoms in total. The van der Waals surface area contributed by atoms with Gasteiger partial charge in [-0.3, -0.25) is 0 Å². The van der Waals surface area contributed by atoms with Crippen molar-refractivity contribution in [1.82, 2.24) is 0 Å². The van der Waals surface area contributed by atoms with Gasteiger partial charge in [0.2, 0.25) is 10.2 Å². The van der Waals surface area contributed by atoms with Gasteiger partial charge in [-0.25, -0.2) is 0 Å². The molecule has 0 aliphatic rings. The van der Waals surface area contributed by atoms with E-state index in [1.165, 1.54) is 11.8 Å². The molecule has 0 saturated heterocycles. The summed E-state index contributed by atoms with van der Waals surface area (Å²) in [5.74, 6) is -0.201. The minimum absolute atomic E-state index is 0.507. The van der Waals surface area contributed by atoms with Crippen molar-refractivity contribution in [2.24, 2.45) is 5.16 Å². The van der Waals surface area contributed by atoms with E-state index in [2.05, 4.69) is 5.16 Å². The lowest BCUT2D eigenvalue weighted by Gasteiger charge is -2.20. The maximum absolute atomic E-state index is 5.46. The molecule has 0 unspecified atom stereocenters. The molecule has 0 amide bonds. The largest absolute Gasteiger partial charge is 0.479 e. The second-order valence-corrected chi connectivity index (χ2v) is 6.15. The van der Waals surface area contributed by atoms with Crippen LogP contribution in [-0.4, -0.2) is 35.4 Å². The van der Waals surface area contributed by atoms with Crippen LogP contribution in [0.1, 0.15) is 26.3 Å². The third-order valence-electron chi connectivity index (χ3n) is 2.56. The van der Waals surface area contributed by atoms with Crippen LogP contribution in [0.4, 0.5) is 0 Å². The van der Waals surface area contributed by atoms with E-state index in [4.69, 9.17) is 26.5 Å². The van der Waals surface area contributed by atoms with Crippen LogP contribution in [0.5, 0.6) is 0 Å². The lowest BCUT2D eigenvalue weighted by Crippen LogP contribution is -2.25. The highest BCUT2D eigenvalue weighted by atomic mass is 32.2. The summed E-state index contributed by atoms with van der Waals surface area (Å²) >= 11 is 6.54. The minimum atomic E-state index is -0.773. The lowest BCUT2D eigenvalue weighted by atomic mass is 10.1. The van der Waals surface area contributed by atoms with Gasteiger partial charge in [0, 0.05) is 32.3 Å². The molecule has 1 aromatic carbocycles. The molecule has 0 aromatic heterocycles. The summed E-state index contributed by atoms with van der Waals surface area (Å²) in [6.07, 6.45) is 0. The fourth-order valence-corrected chi connectivity index (χ4v) is 2.25.